The van der Waals surface area contributed by atoms with Crippen molar-refractivity contribution in [2.45, 2.75) is 25.4 Å². The molecule has 106 valence electrons. The number of nitrogens with zero attached hydrogens (tertiary/aromatic N) is 2. The highest BCUT2D eigenvalue weighted by molar-refractivity contribution is 9.10. The minimum absolute atomic E-state index is 0.205. The van der Waals surface area contributed by atoms with Gasteiger partial charge in [0.25, 0.3) is 5.89 Å². The smallest absolute Gasteiger partial charge is 0.320 e. The van der Waals surface area contributed by atoms with E-state index in [0.717, 1.165) is 12.8 Å². The minimum atomic E-state index is -0.845. The molecule has 0 aliphatic heterocycles. The van der Waals surface area contributed by atoms with E-state index in [1.54, 1.807) is 12.1 Å². The van der Waals surface area contributed by atoms with Gasteiger partial charge in [0.15, 0.2) is 10.4 Å². The maximum atomic E-state index is 11.1. The number of furan rings is 1. The molecule has 20 heavy (non-hydrogen) atoms. The van der Waals surface area contributed by atoms with E-state index in [9.17, 15) is 4.79 Å². The lowest BCUT2D eigenvalue weighted by atomic mass is 10.2. The molecule has 1 aliphatic rings. The van der Waals surface area contributed by atoms with Crippen LogP contribution >= 0.6 is 15.9 Å². The van der Waals surface area contributed by atoms with E-state index >= 15 is 0 Å². The molecule has 0 aromatic carbocycles. The number of carbonyl (C=O) groups is 1. The first kappa shape index (κ1) is 13.3. The second-order valence-corrected chi connectivity index (χ2v) is 5.42. The molecule has 0 radical (unpaired) electrons. The fourth-order valence-electron chi connectivity index (χ4n) is 1.94. The molecule has 8 heteroatoms. The minimum Gasteiger partial charge on any atom is -0.480 e. The molecule has 2 aromatic rings. The summed E-state index contributed by atoms with van der Waals surface area (Å²) in [6.07, 6.45) is 1.89. The van der Waals surface area contributed by atoms with Crippen molar-refractivity contribution in [2.75, 3.05) is 0 Å². The summed E-state index contributed by atoms with van der Waals surface area (Å²) >= 11 is 3.19. The van der Waals surface area contributed by atoms with Crippen molar-refractivity contribution in [3.05, 3.63) is 22.7 Å². The van der Waals surface area contributed by atoms with Gasteiger partial charge in [-0.1, -0.05) is 0 Å². The number of carboxylic acids is 1. The van der Waals surface area contributed by atoms with Crippen molar-refractivity contribution in [3.63, 3.8) is 0 Å². The summed E-state index contributed by atoms with van der Waals surface area (Å²) < 4.78 is 11.3. The number of hydrogen-bond acceptors (Lipinski definition) is 6. The predicted molar refractivity (Wildman–Crippen MR) is 70.7 cm³/mol. The number of nitrogens with one attached hydrogen (secondary N) is 1. The van der Waals surface area contributed by atoms with Crippen LogP contribution < -0.4 is 5.32 Å². The van der Waals surface area contributed by atoms with Crippen LogP contribution in [0.25, 0.3) is 11.7 Å². The van der Waals surface area contributed by atoms with Gasteiger partial charge in [0.2, 0.25) is 5.89 Å². The molecule has 0 spiro atoms. The first-order chi connectivity index (χ1) is 9.63. The van der Waals surface area contributed by atoms with E-state index in [-0.39, 0.29) is 18.4 Å². The van der Waals surface area contributed by atoms with Crippen molar-refractivity contribution in [2.24, 2.45) is 5.92 Å². The molecular weight excluding hydrogens is 330 g/mol. The Kier molecular flexibility index (Phi) is 3.58. The summed E-state index contributed by atoms with van der Waals surface area (Å²) in [7, 11) is 0. The molecule has 0 saturated heterocycles. The van der Waals surface area contributed by atoms with Crippen LogP contribution in [-0.4, -0.2) is 27.3 Å². The Hall–Kier alpha value is -1.67. The quantitative estimate of drug-likeness (QED) is 0.828. The average molecular weight is 342 g/mol. The van der Waals surface area contributed by atoms with E-state index < -0.39 is 12.0 Å². The molecule has 1 unspecified atom stereocenters. The third-order valence-electron chi connectivity index (χ3n) is 3.08. The van der Waals surface area contributed by atoms with Crippen molar-refractivity contribution in [3.8, 4) is 11.7 Å². The van der Waals surface area contributed by atoms with E-state index in [2.05, 4.69) is 31.4 Å². The Morgan fingerprint density at radius 2 is 2.25 bits per heavy atom. The molecular formula is C12H12BrN3O4. The molecule has 2 aromatic heterocycles. The number of halogens is 1. The topological polar surface area (TPSA) is 101 Å². The normalized spacial score (nSPS) is 16.2. The molecule has 0 amide bonds. The van der Waals surface area contributed by atoms with Crippen molar-refractivity contribution < 1.29 is 18.7 Å². The van der Waals surface area contributed by atoms with Gasteiger partial charge >= 0.3 is 5.97 Å². The lowest BCUT2D eigenvalue weighted by Gasteiger charge is -2.11. The SMILES string of the molecule is O=C(O)C(NCc1nnc(-c2ccc(Br)o2)o1)C1CC1. The number of rotatable bonds is 6. The molecule has 1 fully saturated rings. The second-order valence-electron chi connectivity index (χ2n) is 4.64. The van der Waals surface area contributed by atoms with Gasteiger partial charge in [-0.25, -0.2) is 0 Å². The number of hydrogen-bond donors (Lipinski definition) is 2. The van der Waals surface area contributed by atoms with Crippen LogP contribution in [0, 0.1) is 5.92 Å². The first-order valence-electron chi connectivity index (χ1n) is 6.18. The van der Waals surface area contributed by atoms with Gasteiger partial charge in [-0.15, -0.1) is 10.2 Å². The predicted octanol–water partition coefficient (Wildman–Crippen LogP) is 2.04. The van der Waals surface area contributed by atoms with Crippen LogP contribution in [0.15, 0.2) is 25.6 Å². The Bertz CT molecular complexity index is 620. The van der Waals surface area contributed by atoms with Crippen LogP contribution in [0.4, 0.5) is 0 Å². The highest BCUT2D eigenvalue weighted by atomic mass is 79.9. The van der Waals surface area contributed by atoms with Gasteiger partial charge in [-0.05, 0) is 46.8 Å². The van der Waals surface area contributed by atoms with Gasteiger partial charge in [-0.2, -0.15) is 0 Å². The molecule has 0 bridgehead atoms. The average Bonchev–Trinajstić information content (AvgIpc) is 2.96. The van der Waals surface area contributed by atoms with E-state index in [1.807, 2.05) is 0 Å². The maximum Gasteiger partial charge on any atom is 0.320 e. The highest BCUT2D eigenvalue weighted by Gasteiger charge is 2.36. The Morgan fingerprint density at radius 1 is 1.45 bits per heavy atom. The van der Waals surface area contributed by atoms with E-state index in [1.165, 1.54) is 0 Å². The fraction of sp³-hybridized carbons (Fsp3) is 0.417. The summed E-state index contributed by atoms with van der Waals surface area (Å²) in [6.45, 7) is 0.225. The Labute approximate surface area is 122 Å². The Balaban J connectivity index is 1.63. The molecule has 7 nitrogen and oxygen atoms in total. The summed E-state index contributed by atoms with van der Waals surface area (Å²) in [5.74, 6) is 0.427. The highest BCUT2D eigenvalue weighted by Crippen LogP contribution is 2.33. The molecule has 2 heterocycles. The second kappa shape index (κ2) is 5.37. The van der Waals surface area contributed by atoms with Crippen LogP contribution in [0.1, 0.15) is 18.7 Å². The lowest BCUT2D eigenvalue weighted by molar-refractivity contribution is -0.140. The maximum absolute atomic E-state index is 11.1. The zero-order valence-electron chi connectivity index (χ0n) is 10.4. The molecule has 1 aliphatic carbocycles. The van der Waals surface area contributed by atoms with Crippen LogP contribution in [0.5, 0.6) is 0 Å². The molecule has 3 rings (SSSR count). The first-order valence-corrected chi connectivity index (χ1v) is 6.97. The van der Waals surface area contributed by atoms with Gasteiger partial charge in [0.05, 0.1) is 6.54 Å². The van der Waals surface area contributed by atoms with E-state index in [0.29, 0.717) is 16.3 Å². The number of aliphatic carboxylic acids is 1. The van der Waals surface area contributed by atoms with Crippen LogP contribution in [0.3, 0.4) is 0 Å². The monoisotopic (exact) mass is 341 g/mol. The van der Waals surface area contributed by atoms with Gasteiger partial charge < -0.3 is 13.9 Å². The third-order valence-corrected chi connectivity index (χ3v) is 3.51. The Morgan fingerprint density at radius 3 is 2.85 bits per heavy atom. The summed E-state index contributed by atoms with van der Waals surface area (Å²) in [6, 6.07) is 2.88. The molecule has 2 N–H and O–H groups in total. The van der Waals surface area contributed by atoms with Gasteiger partial charge in [0, 0.05) is 0 Å². The van der Waals surface area contributed by atoms with Crippen LogP contribution in [0.2, 0.25) is 0 Å². The van der Waals surface area contributed by atoms with Crippen LogP contribution in [-0.2, 0) is 11.3 Å². The van der Waals surface area contributed by atoms with Crippen molar-refractivity contribution >= 4 is 21.9 Å². The largest absolute Gasteiger partial charge is 0.480 e. The summed E-state index contributed by atoms with van der Waals surface area (Å²) in [4.78, 5) is 11.1. The van der Waals surface area contributed by atoms with Crippen molar-refractivity contribution in [1.82, 2.24) is 15.5 Å². The van der Waals surface area contributed by atoms with Gasteiger partial charge in [0.1, 0.15) is 6.04 Å². The fourth-order valence-corrected chi connectivity index (χ4v) is 2.24. The number of aromatic nitrogens is 2. The molecule has 1 saturated carbocycles. The zero-order chi connectivity index (χ0) is 14.1. The summed E-state index contributed by atoms with van der Waals surface area (Å²) in [5, 5.41) is 19.8. The van der Waals surface area contributed by atoms with Crippen molar-refractivity contribution in [1.29, 1.82) is 0 Å². The zero-order valence-corrected chi connectivity index (χ0v) is 12.0. The third kappa shape index (κ3) is 2.91. The molecule has 1 atom stereocenters. The summed E-state index contributed by atoms with van der Waals surface area (Å²) in [5.41, 5.74) is 0. The lowest BCUT2D eigenvalue weighted by Crippen LogP contribution is -2.38. The number of carboxylic acid groups (broad SMARTS) is 1. The van der Waals surface area contributed by atoms with E-state index in [4.69, 9.17) is 13.9 Å². The standard InChI is InChI=1S/C12H12BrN3O4/c13-8-4-3-7(19-8)11-16-15-9(20-11)5-14-10(12(17)18)6-1-2-6/h3-4,6,10,14H,1-2,5H2,(H,17,18). The van der Waals surface area contributed by atoms with Gasteiger partial charge in [-0.3, -0.25) is 10.1 Å².